The number of benzene rings is 2. The van der Waals surface area contributed by atoms with Crippen LogP contribution in [0.1, 0.15) is 22.0 Å². The number of ether oxygens (including phenoxy) is 1. The molecular formula is C17H17NOS. The topological polar surface area (TPSA) is 35.2 Å². The van der Waals surface area contributed by atoms with Gasteiger partial charge in [0.2, 0.25) is 0 Å². The van der Waals surface area contributed by atoms with E-state index >= 15 is 0 Å². The molecule has 2 N–H and O–H groups in total. The Kier molecular flexibility index (Phi) is 3.47. The van der Waals surface area contributed by atoms with Crippen molar-refractivity contribution in [2.45, 2.75) is 13.0 Å². The first-order chi connectivity index (χ1) is 9.69. The number of nitrogens with two attached hydrogens (primary N) is 1. The van der Waals surface area contributed by atoms with Gasteiger partial charge >= 0.3 is 0 Å². The zero-order chi connectivity index (χ0) is 14.1. The quantitative estimate of drug-likeness (QED) is 0.779. The summed E-state index contributed by atoms with van der Waals surface area (Å²) in [6.45, 7) is 2.07. The molecule has 102 valence electrons. The van der Waals surface area contributed by atoms with Gasteiger partial charge in [0, 0.05) is 15.1 Å². The Morgan fingerprint density at radius 1 is 1.10 bits per heavy atom. The summed E-state index contributed by atoms with van der Waals surface area (Å²) >= 11 is 1.74. The molecule has 0 saturated heterocycles. The van der Waals surface area contributed by atoms with E-state index in [1.165, 1.54) is 15.6 Å². The lowest BCUT2D eigenvalue weighted by Crippen LogP contribution is -2.11. The molecule has 3 aromatic rings. The molecule has 3 rings (SSSR count). The number of hydrogen-bond acceptors (Lipinski definition) is 3. The molecule has 3 heteroatoms. The minimum absolute atomic E-state index is 0.151. The number of rotatable bonds is 3. The molecule has 1 unspecified atom stereocenters. The average Bonchev–Trinajstić information content (AvgIpc) is 2.90. The molecule has 1 heterocycles. The van der Waals surface area contributed by atoms with Crippen LogP contribution in [-0.2, 0) is 0 Å². The largest absolute Gasteiger partial charge is 0.496 e. The third-order valence-corrected chi connectivity index (χ3v) is 4.67. The predicted molar refractivity (Wildman–Crippen MR) is 85.6 cm³/mol. The van der Waals surface area contributed by atoms with Gasteiger partial charge in [0.05, 0.1) is 13.2 Å². The van der Waals surface area contributed by atoms with Crippen LogP contribution in [0.25, 0.3) is 10.1 Å². The van der Waals surface area contributed by atoms with E-state index in [-0.39, 0.29) is 6.04 Å². The van der Waals surface area contributed by atoms with Gasteiger partial charge in [0.25, 0.3) is 0 Å². The molecule has 0 spiro atoms. The normalized spacial score (nSPS) is 12.6. The summed E-state index contributed by atoms with van der Waals surface area (Å²) in [4.78, 5) is 1.16. The maximum atomic E-state index is 6.46. The van der Waals surface area contributed by atoms with E-state index in [1.54, 1.807) is 18.4 Å². The highest BCUT2D eigenvalue weighted by Crippen LogP contribution is 2.35. The standard InChI is InChI=1S/C17H17NOS/c1-11-7-8-14(19-2)13(9-11)17(18)16-10-12-5-3-4-6-15(12)20-16/h3-10,17H,18H2,1-2H3. The molecule has 0 aliphatic carbocycles. The smallest absolute Gasteiger partial charge is 0.124 e. The lowest BCUT2D eigenvalue weighted by atomic mass is 10.0. The Morgan fingerprint density at radius 2 is 1.90 bits per heavy atom. The molecule has 0 aliphatic rings. The summed E-state index contributed by atoms with van der Waals surface area (Å²) < 4.78 is 6.71. The van der Waals surface area contributed by atoms with Gasteiger partial charge < -0.3 is 10.5 Å². The SMILES string of the molecule is COc1ccc(C)cc1C(N)c1cc2ccccc2s1. The summed E-state index contributed by atoms with van der Waals surface area (Å²) in [5.74, 6) is 0.848. The molecule has 0 bridgehead atoms. The second-order valence-electron chi connectivity index (χ2n) is 4.91. The predicted octanol–water partition coefficient (Wildman–Crippen LogP) is 4.27. The Labute approximate surface area is 122 Å². The van der Waals surface area contributed by atoms with Gasteiger partial charge in [-0.25, -0.2) is 0 Å². The summed E-state index contributed by atoms with van der Waals surface area (Å²) in [5.41, 5.74) is 8.69. The number of methoxy groups -OCH3 is 1. The van der Waals surface area contributed by atoms with E-state index in [4.69, 9.17) is 10.5 Å². The van der Waals surface area contributed by atoms with Crippen molar-refractivity contribution in [1.29, 1.82) is 0 Å². The summed E-state index contributed by atoms with van der Waals surface area (Å²) in [6.07, 6.45) is 0. The lowest BCUT2D eigenvalue weighted by molar-refractivity contribution is 0.408. The van der Waals surface area contributed by atoms with Crippen molar-refractivity contribution in [3.05, 3.63) is 64.5 Å². The van der Waals surface area contributed by atoms with Gasteiger partial charge in [-0.1, -0.05) is 35.9 Å². The maximum absolute atomic E-state index is 6.46. The molecule has 0 amide bonds. The van der Waals surface area contributed by atoms with E-state index in [9.17, 15) is 0 Å². The van der Waals surface area contributed by atoms with Gasteiger partial charge in [0.1, 0.15) is 5.75 Å². The number of fused-ring (bicyclic) bond motifs is 1. The van der Waals surface area contributed by atoms with Gasteiger partial charge in [0.15, 0.2) is 0 Å². The fraction of sp³-hybridized carbons (Fsp3) is 0.176. The van der Waals surface area contributed by atoms with E-state index in [0.717, 1.165) is 16.2 Å². The summed E-state index contributed by atoms with van der Waals surface area (Å²) in [6, 6.07) is 16.5. The molecule has 20 heavy (non-hydrogen) atoms. The van der Waals surface area contributed by atoms with Crippen LogP contribution in [0.5, 0.6) is 5.75 Å². The third-order valence-electron chi connectivity index (χ3n) is 3.47. The third kappa shape index (κ3) is 2.30. The highest BCUT2D eigenvalue weighted by atomic mass is 32.1. The fourth-order valence-corrected chi connectivity index (χ4v) is 3.49. The molecule has 2 aromatic carbocycles. The van der Waals surface area contributed by atoms with Crippen LogP contribution >= 0.6 is 11.3 Å². The second kappa shape index (κ2) is 5.27. The maximum Gasteiger partial charge on any atom is 0.124 e. The molecule has 2 nitrogen and oxygen atoms in total. The highest BCUT2D eigenvalue weighted by molar-refractivity contribution is 7.19. The molecule has 0 saturated carbocycles. The first-order valence-corrected chi connectivity index (χ1v) is 7.39. The van der Waals surface area contributed by atoms with Crippen LogP contribution in [0, 0.1) is 6.92 Å². The molecule has 0 aliphatic heterocycles. The number of hydrogen-bond donors (Lipinski definition) is 1. The van der Waals surface area contributed by atoms with E-state index in [1.807, 2.05) is 12.1 Å². The van der Waals surface area contributed by atoms with Crippen molar-refractivity contribution in [2.75, 3.05) is 7.11 Å². The Hall–Kier alpha value is -1.84. The van der Waals surface area contributed by atoms with Crippen molar-refractivity contribution in [2.24, 2.45) is 5.73 Å². The van der Waals surface area contributed by atoms with Crippen LogP contribution in [0.2, 0.25) is 0 Å². The molecular weight excluding hydrogens is 266 g/mol. The summed E-state index contributed by atoms with van der Waals surface area (Å²) in [5, 5.41) is 1.24. The number of aryl methyl sites for hydroxylation is 1. The molecule has 0 fully saturated rings. The Bertz CT molecular complexity index is 715. The van der Waals surface area contributed by atoms with Crippen LogP contribution in [0.15, 0.2) is 48.5 Å². The first-order valence-electron chi connectivity index (χ1n) is 6.57. The average molecular weight is 283 g/mol. The Balaban J connectivity index is 2.07. The van der Waals surface area contributed by atoms with E-state index in [2.05, 4.69) is 43.3 Å². The van der Waals surface area contributed by atoms with Gasteiger partial charge in [-0.15, -0.1) is 11.3 Å². The monoisotopic (exact) mass is 283 g/mol. The first kappa shape index (κ1) is 13.2. The van der Waals surface area contributed by atoms with Crippen molar-refractivity contribution >= 4 is 21.4 Å². The fourth-order valence-electron chi connectivity index (χ4n) is 2.41. The van der Waals surface area contributed by atoms with Crippen molar-refractivity contribution in [3.63, 3.8) is 0 Å². The van der Waals surface area contributed by atoms with Crippen LogP contribution in [-0.4, -0.2) is 7.11 Å². The molecule has 1 aromatic heterocycles. The van der Waals surface area contributed by atoms with Crippen molar-refractivity contribution < 1.29 is 4.74 Å². The van der Waals surface area contributed by atoms with Gasteiger partial charge in [-0.2, -0.15) is 0 Å². The highest BCUT2D eigenvalue weighted by Gasteiger charge is 2.16. The van der Waals surface area contributed by atoms with Gasteiger partial charge in [-0.3, -0.25) is 0 Å². The van der Waals surface area contributed by atoms with Crippen LogP contribution < -0.4 is 10.5 Å². The van der Waals surface area contributed by atoms with Crippen LogP contribution in [0.3, 0.4) is 0 Å². The van der Waals surface area contributed by atoms with E-state index in [0.29, 0.717) is 0 Å². The zero-order valence-electron chi connectivity index (χ0n) is 11.6. The summed E-state index contributed by atoms with van der Waals surface area (Å²) in [7, 11) is 1.69. The van der Waals surface area contributed by atoms with Crippen molar-refractivity contribution in [3.8, 4) is 5.75 Å². The molecule has 1 atom stereocenters. The zero-order valence-corrected chi connectivity index (χ0v) is 12.4. The van der Waals surface area contributed by atoms with Crippen molar-refractivity contribution in [1.82, 2.24) is 0 Å². The minimum Gasteiger partial charge on any atom is -0.496 e. The minimum atomic E-state index is -0.151. The number of thiophene rings is 1. The Morgan fingerprint density at radius 3 is 2.65 bits per heavy atom. The van der Waals surface area contributed by atoms with Crippen LogP contribution in [0.4, 0.5) is 0 Å². The second-order valence-corrected chi connectivity index (χ2v) is 6.03. The van der Waals surface area contributed by atoms with E-state index < -0.39 is 0 Å². The van der Waals surface area contributed by atoms with Gasteiger partial charge in [-0.05, 0) is 30.5 Å². The molecule has 0 radical (unpaired) electrons. The lowest BCUT2D eigenvalue weighted by Gasteiger charge is -2.15.